The summed E-state index contributed by atoms with van der Waals surface area (Å²) in [6.45, 7) is 1.31. The summed E-state index contributed by atoms with van der Waals surface area (Å²) in [4.78, 5) is 10.6. The topological polar surface area (TPSA) is 48.1 Å². The standard InChI is InChI=1S/C11H12O4/c1-13-11-4-9(3-2-8(11)5-12)14-6-10-7-15-10/h2-5,10H,6-7H2,1H3. The molecular formula is C11H12O4. The van der Waals surface area contributed by atoms with E-state index in [2.05, 4.69) is 0 Å². The molecule has 15 heavy (non-hydrogen) atoms. The summed E-state index contributed by atoms with van der Waals surface area (Å²) in [6, 6.07) is 5.12. The molecule has 1 aromatic rings. The van der Waals surface area contributed by atoms with Gasteiger partial charge in [0.05, 0.1) is 19.3 Å². The van der Waals surface area contributed by atoms with E-state index in [1.807, 2.05) is 0 Å². The van der Waals surface area contributed by atoms with Crippen LogP contribution in [-0.2, 0) is 4.74 Å². The van der Waals surface area contributed by atoms with Gasteiger partial charge in [-0.15, -0.1) is 0 Å². The van der Waals surface area contributed by atoms with Crippen molar-refractivity contribution in [3.8, 4) is 11.5 Å². The van der Waals surface area contributed by atoms with Gasteiger partial charge in [-0.1, -0.05) is 0 Å². The van der Waals surface area contributed by atoms with Crippen LogP contribution in [0.2, 0.25) is 0 Å². The van der Waals surface area contributed by atoms with E-state index in [4.69, 9.17) is 14.2 Å². The zero-order valence-corrected chi connectivity index (χ0v) is 8.43. The normalized spacial score (nSPS) is 18.3. The first kappa shape index (κ1) is 9.98. The first-order chi connectivity index (χ1) is 7.33. The van der Waals surface area contributed by atoms with E-state index in [9.17, 15) is 4.79 Å². The van der Waals surface area contributed by atoms with Crippen molar-refractivity contribution >= 4 is 6.29 Å². The van der Waals surface area contributed by atoms with E-state index in [0.29, 0.717) is 23.7 Å². The van der Waals surface area contributed by atoms with Gasteiger partial charge in [-0.25, -0.2) is 0 Å². The van der Waals surface area contributed by atoms with Crippen LogP contribution >= 0.6 is 0 Å². The van der Waals surface area contributed by atoms with Gasteiger partial charge in [-0.2, -0.15) is 0 Å². The van der Waals surface area contributed by atoms with Crippen molar-refractivity contribution in [1.82, 2.24) is 0 Å². The molecule has 0 aromatic heterocycles. The second-order valence-corrected chi connectivity index (χ2v) is 3.29. The van der Waals surface area contributed by atoms with Crippen molar-refractivity contribution in [2.45, 2.75) is 6.10 Å². The molecule has 80 valence electrons. The molecular weight excluding hydrogens is 196 g/mol. The summed E-state index contributed by atoms with van der Waals surface area (Å²) in [5, 5.41) is 0. The van der Waals surface area contributed by atoms with Gasteiger partial charge in [0.2, 0.25) is 0 Å². The molecule has 0 radical (unpaired) electrons. The molecule has 1 unspecified atom stereocenters. The molecule has 4 heteroatoms. The van der Waals surface area contributed by atoms with E-state index < -0.39 is 0 Å². The van der Waals surface area contributed by atoms with E-state index in [0.717, 1.165) is 12.9 Å². The Morgan fingerprint density at radius 3 is 3.00 bits per heavy atom. The first-order valence-electron chi connectivity index (χ1n) is 4.71. The smallest absolute Gasteiger partial charge is 0.153 e. The minimum Gasteiger partial charge on any atom is -0.496 e. The van der Waals surface area contributed by atoms with Crippen LogP contribution in [0, 0.1) is 0 Å². The van der Waals surface area contributed by atoms with E-state index >= 15 is 0 Å². The van der Waals surface area contributed by atoms with E-state index in [1.54, 1.807) is 18.2 Å². The molecule has 1 heterocycles. The zero-order valence-electron chi connectivity index (χ0n) is 8.43. The number of ether oxygens (including phenoxy) is 3. The van der Waals surface area contributed by atoms with Crippen LogP contribution < -0.4 is 9.47 Å². The van der Waals surface area contributed by atoms with Gasteiger partial charge in [-0.3, -0.25) is 4.79 Å². The second-order valence-electron chi connectivity index (χ2n) is 3.29. The molecule has 0 amide bonds. The first-order valence-corrected chi connectivity index (χ1v) is 4.71. The molecule has 0 N–H and O–H groups in total. The zero-order chi connectivity index (χ0) is 10.7. The Kier molecular flexibility index (Phi) is 2.87. The number of hydrogen-bond donors (Lipinski definition) is 0. The molecule has 2 rings (SSSR count). The highest BCUT2D eigenvalue weighted by Crippen LogP contribution is 2.24. The number of hydrogen-bond acceptors (Lipinski definition) is 4. The minimum absolute atomic E-state index is 0.224. The van der Waals surface area contributed by atoms with Crippen LogP contribution in [0.3, 0.4) is 0 Å². The highest BCUT2D eigenvalue weighted by atomic mass is 16.6. The van der Waals surface area contributed by atoms with Crippen molar-refractivity contribution in [3.63, 3.8) is 0 Å². The quantitative estimate of drug-likeness (QED) is 0.540. The van der Waals surface area contributed by atoms with Crippen LogP contribution in [0.25, 0.3) is 0 Å². The maximum absolute atomic E-state index is 10.6. The number of epoxide rings is 1. The average molecular weight is 208 g/mol. The Morgan fingerprint density at radius 1 is 1.60 bits per heavy atom. The van der Waals surface area contributed by atoms with Crippen LogP contribution in [-0.4, -0.2) is 32.7 Å². The van der Waals surface area contributed by atoms with Gasteiger partial charge in [0.15, 0.2) is 6.29 Å². The Hall–Kier alpha value is -1.55. The van der Waals surface area contributed by atoms with Crippen molar-refractivity contribution in [2.24, 2.45) is 0 Å². The summed E-state index contributed by atoms with van der Waals surface area (Å²) in [5.74, 6) is 1.21. The van der Waals surface area contributed by atoms with Crippen molar-refractivity contribution in [3.05, 3.63) is 23.8 Å². The molecule has 1 aliphatic heterocycles. The summed E-state index contributed by atoms with van der Waals surface area (Å²) in [5.41, 5.74) is 0.521. The van der Waals surface area contributed by atoms with Crippen molar-refractivity contribution in [2.75, 3.05) is 20.3 Å². The van der Waals surface area contributed by atoms with Gasteiger partial charge in [0, 0.05) is 6.07 Å². The summed E-state index contributed by atoms with van der Waals surface area (Å²) in [7, 11) is 1.52. The molecule has 0 spiro atoms. The number of rotatable bonds is 5. The van der Waals surface area contributed by atoms with Crippen LogP contribution in [0.5, 0.6) is 11.5 Å². The van der Waals surface area contributed by atoms with E-state index in [1.165, 1.54) is 7.11 Å². The van der Waals surface area contributed by atoms with Gasteiger partial charge >= 0.3 is 0 Å². The fourth-order valence-corrected chi connectivity index (χ4v) is 1.23. The average Bonchev–Trinajstić information content (AvgIpc) is 3.09. The molecule has 1 aromatic carbocycles. The number of aldehydes is 1. The molecule has 0 saturated carbocycles. The maximum Gasteiger partial charge on any atom is 0.153 e. The molecule has 1 aliphatic rings. The van der Waals surface area contributed by atoms with Gasteiger partial charge in [0.1, 0.15) is 24.2 Å². The summed E-state index contributed by atoms with van der Waals surface area (Å²) in [6.07, 6.45) is 0.980. The van der Waals surface area contributed by atoms with Crippen LogP contribution in [0.4, 0.5) is 0 Å². The Bertz CT molecular complexity index is 358. The molecule has 1 fully saturated rings. The maximum atomic E-state index is 10.6. The van der Waals surface area contributed by atoms with E-state index in [-0.39, 0.29) is 6.10 Å². The fraction of sp³-hybridized carbons (Fsp3) is 0.364. The van der Waals surface area contributed by atoms with Gasteiger partial charge in [0.25, 0.3) is 0 Å². The van der Waals surface area contributed by atoms with Crippen LogP contribution in [0.1, 0.15) is 10.4 Å². The highest BCUT2D eigenvalue weighted by Gasteiger charge is 2.23. The number of methoxy groups -OCH3 is 1. The predicted octanol–water partition coefficient (Wildman–Crippen LogP) is 1.29. The van der Waals surface area contributed by atoms with Crippen LogP contribution in [0.15, 0.2) is 18.2 Å². The third-order valence-electron chi connectivity index (χ3n) is 2.17. The SMILES string of the molecule is COc1cc(OCC2CO2)ccc1C=O. The van der Waals surface area contributed by atoms with Crippen molar-refractivity contribution < 1.29 is 19.0 Å². The largest absolute Gasteiger partial charge is 0.496 e. The Morgan fingerprint density at radius 2 is 2.40 bits per heavy atom. The van der Waals surface area contributed by atoms with Crippen molar-refractivity contribution in [1.29, 1.82) is 0 Å². The monoisotopic (exact) mass is 208 g/mol. The molecule has 4 nitrogen and oxygen atoms in total. The lowest BCUT2D eigenvalue weighted by Gasteiger charge is -2.07. The lowest BCUT2D eigenvalue weighted by atomic mass is 10.2. The van der Waals surface area contributed by atoms with Gasteiger partial charge < -0.3 is 14.2 Å². The molecule has 0 bridgehead atoms. The summed E-state index contributed by atoms with van der Waals surface area (Å²) < 4.78 is 15.5. The molecule has 1 atom stereocenters. The lowest BCUT2D eigenvalue weighted by Crippen LogP contribution is -2.04. The third kappa shape index (κ3) is 2.47. The molecule has 0 aliphatic carbocycles. The van der Waals surface area contributed by atoms with Gasteiger partial charge in [-0.05, 0) is 12.1 Å². The number of benzene rings is 1. The fourth-order valence-electron chi connectivity index (χ4n) is 1.23. The Labute approximate surface area is 87.8 Å². The third-order valence-corrected chi connectivity index (χ3v) is 2.17. The summed E-state index contributed by atoms with van der Waals surface area (Å²) >= 11 is 0. The Balaban J connectivity index is 2.06. The molecule has 1 saturated heterocycles. The highest BCUT2D eigenvalue weighted by molar-refractivity contribution is 5.79. The second kappa shape index (κ2) is 4.31. The lowest BCUT2D eigenvalue weighted by molar-refractivity contribution is 0.112. The minimum atomic E-state index is 0.224. The number of carbonyl (C=O) groups is 1. The predicted molar refractivity (Wildman–Crippen MR) is 53.6 cm³/mol. The number of carbonyl (C=O) groups excluding carboxylic acids is 1.